The van der Waals surface area contributed by atoms with Crippen molar-refractivity contribution in [2.45, 2.75) is 38.3 Å². The zero-order valence-electron chi connectivity index (χ0n) is 13.7. The lowest BCUT2D eigenvalue weighted by atomic mass is 9.71. The Balaban J connectivity index is 1.62. The summed E-state index contributed by atoms with van der Waals surface area (Å²) in [6, 6.07) is 15.8. The second-order valence-corrected chi connectivity index (χ2v) is 6.36. The van der Waals surface area contributed by atoms with Gasteiger partial charge in [0.25, 0.3) is 5.91 Å². The Morgan fingerprint density at radius 3 is 2.67 bits per heavy atom. The number of aromatic nitrogens is 3. The first-order chi connectivity index (χ1) is 11.7. The van der Waals surface area contributed by atoms with E-state index in [2.05, 4.69) is 27.8 Å². The van der Waals surface area contributed by atoms with Gasteiger partial charge in [-0.1, -0.05) is 35.5 Å². The van der Waals surface area contributed by atoms with Crippen molar-refractivity contribution in [1.82, 2.24) is 20.3 Å². The molecule has 0 radical (unpaired) electrons. The zero-order valence-corrected chi connectivity index (χ0v) is 13.7. The molecular weight excluding hydrogens is 300 g/mol. The summed E-state index contributed by atoms with van der Waals surface area (Å²) in [5.74, 6) is -0.0495. The third-order valence-corrected chi connectivity index (χ3v) is 4.96. The highest BCUT2D eigenvalue weighted by atomic mass is 16.1. The fourth-order valence-electron chi connectivity index (χ4n) is 3.41. The summed E-state index contributed by atoms with van der Waals surface area (Å²) in [6.45, 7) is 2.79. The first kappa shape index (κ1) is 14.9. The van der Waals surface area contributed by atoms with E-state index in [0.29, 0.717) is 5.56 Å². The first-order valence-electron chi connectivity index (χ1n) is 8.43. The third-order valence-electron chi connectivity index (χ3n) is 4.96. The van der Waals surface area contributed by atoms with Gasteiger partial charge in [0.05, 0.1) is 11.1 Å². The summed E-state index contributed by atoms with van der Waals surface area (Å²) in [7, 11) is 0. The van der Waals surface area contributed by atoms with Crippen LogP contribution in [0.5, 0.6) is 0 Å². The molecule has 1 heterocycles. The van der Waals surface area contributed by atoms with Gasteiger partial charge < -0.3 is 5.32 Å². The van der Waals surface area contributed by atoms with Crippen molar-refractivity contribution in [2.75, 3.05) is 0 Å². The van der Waals surface area contributed by atoms with E-state index in [9.17, 15) is 4.79 Å². The molecule has 0 aliphatic heterocycles. The zero-order chi connectivity index (χ0) is 16.6. The number of aryl methyl sites for hydroxylation is 1. The smallest absolute Gasteiger partial charge is 0.252 e. The average molecular weight is 320 g/mol. The van der Waals surface area contributed by atoms with Crippen LogP contribution in [0.2, 0.25) is 0 Å². The van der Waals surface area contributed by atoms with Crippen LogP contribution in [0, 0.1) is 0 Å². The van der Waals surface area contributed by atoms with Crippen LogP contribution in [0.4, 0.5) is 0 Å². The van der Waals surface area contributed by atoms with Crippen molar-refractivity contribution < 1.29 is 4.79 Å². The maximum Gasteiger partial charge on any atom is 0.252 e. The highest BCUT2D eigenvalue weighted by molar-refractivity contribution is 5.97. The normalized spacial score (nSPS) is 15.9. The molecule has 5 heteroatoms. The van der Waals surface area contributed by atoms with Gasteiger partial charge in [0.1, 0.15) is 5.52 Å². The van der Waals surface area contributed by atoms with Gasteiger partial charge in [-0.3, -0.25) is 4.79 Å². The predicted molar refractivity (Wildman–Crippen MR) is 92.6 cm³/mol. The van der Waals surface area contributed by atoms with E-state index in [1.54, 1.807) is 0 Å². The minimum absolute atomic E-state index is 0.0495. The second-order valence-electron chi connectivity index (χ2n) is 6.36. The quantitative estimate of drug-likeness (QED) is 0.802. The maximum atomic E-state index is 12.8. The number of amides is 1. The van der Waals surface area contributed by atoms with Crippen LogP contribution in [-0.4, -0.2) is 20.9 Å². The molecule has 0 bridgehead atoms. The molecule has 0 saturated heterocycles. The largest absolute Gasteiger partial charge is 0.343 e. The molecule has 1 amide bonds. The molecule has 0 atom stereocenters. The van der Waals surface area contributed by atoms with Crippen LogP contribution in [0.3, 0.4) is 0 Å². The molecule has 1 N–H and O–H groups in total. The maximum absolute atomic E-state index is 12.8. The number of nitrogens with zero attached hydrogens (tertiary/aromatic N) is 3. The minimum Gasteiger partial charge on any atom is -0.343 e. The second kappa shape index (κ2) is 5.74. The first-order valence-corrected chi connectivity index (χ1v) is 8.43. The topological polar surface area (TPSA) is 59.8 Å². The summed E-state index contributed by atoms with van der Waals surface area (Å²) < 4.78 is 1.83. The average Bonchev–Trinajstić information content (AvgIpc) is 3.01. The highest BCUT2D eigenvalue weighted by Crippen LogP contribution is 2.41. The number of carbonyl (C=O) groups is 1. The number of fused-ring (bicyclic) bond motifs is 1. The van der Waals surface area contributed by atoms with Gasteiger partial charge in [-0.25, -0.2) is 4.68 Å². The molecule has 3 aromatic rings. The van der Waals surface area contributed by atoms with Crippen molar-refractivity contribution in [3.63, 3.8) is 0 Å². The Bertz CT molecular complexity index is 881. The van der Waals surface area contributed by atoms with E-state index in [1.165, 1.54) is 5.56 Å². The lowest BCUT2D eigenvalue weighted by Gasteiger charge is -2.43. The van der Waals surface area contributed by atoms with E-state index < -0.39 is 0 Å². The van der Waals surface area contributed by atoms with Crippen LogP contribution < -0.4 is 5.32 Å². The molecule has 5 nitrogen and oxygen atoms in total. The molecule has 0 spiro atoms. The molecule has 1 aliphatic carbocycles. The number of carbonyl (C=O) groups excluding carboxylic acids is 1. The Morgan fingerprint density at radius 2 is 2.00 bits per heavy atom. The van der Waals surface area contributed by atoms with Gasteiger partial charge in [0, 0.05) is 12.1 Å². The van der Waals surface area contributed by atoms with Crippen molar-refractivity contribution in [3.05, 3.63) is 59.7 Å². The van der Waals surface area contributed by atoms with E-state index in [0.717, 1.165) is 36.8 Å². The van der Waals surface area contributed by atoms with Crippen molar-refractivity contribution in [3.8, 4) is 0 Å². The van der Waals surface area contributed by atoms with E-state index in [1.807, 2.05) is 48.0 Å². The molecule has 1 aromatic heterocycles. The standard InChI is InChI=1S/C19H20N4O/c1-2-23-17-10-9-14(13-16(17)21-22-23)18(24)20-19(11-6-12-19)15-7-4-3-5-8-15/h3-5,7-10,13H,2,6,11-12H2,1H3,(H,20,24). The third kappa shape index (κ3) is 2.37. The van der Waals surface area contributed by atoms with Gasteiger partial charge in [-0.2, -0.15) is 0 Å². The molecule has 1 fully saturated rings. The molecule has 122 valence electrons. The summed E-state index contributed by atoms with van der Waals surface area (Å²) in [5.41, 5.74) is 3.30. The fraction of sp³-hybridized carbons (Fsp3) is 0.316. The van der Waals surface area contributed by atoms with Gasteiger partial charge in [0.15, 0.2) is 0 Å². The van der Waals surface area contributed by atoms with Crippen molar-refractivity contribution in [2.24, 2.45) is 0 Å². The van der Waals surface area contributed by atoms with Crippen LogP contribution >= 0.6 is 0 Å². The Kier molecular flexibility index (Phi) is 3.56. The number of nitrogens with one attached hydrogen (secondary N) is 1. The van der Waals surface area contributed by atoms with Crippen molar-refractivity contribution in [1.29, 1.82) is 0 Å². The predicted octanol–water partition coefficient (Wildman–Crippen LogP) is 3.26. The summed E-state index contributed by atoms with van der Waals surface area (Å²) in [5, 5.41) is 11.5. The van der Waals surface area contributed by atoms with Gasteiger partial charge >= 0.3 is 0 Å². The Morgan fingerprint density at radius 1 is 1.21 bits per heavy atom. The summed E-state index contributed by atoms with van der Waals surface area (Å²) in [6.07, 6.45) is 3.10. The fourth-order valence-corrected chi connectivity index (χ4v) is 3.41. The van der Waals surface area contributed by atoms with Crippen LogP contribution in [0.15, 0.2) is 48.5 Å². The van der Waals surface area contributed by atoms with Crippen molar-refractivity contribution >= 4 is 16.9 Å². The van der Waals surface area contributed by atoms with Crippen LogP contribution in [-0.2, 0) is 12.1 Å². The monoisotopic (exact) mass is 320 g/mol. The van der Waals surface area contributed by atoms with E-state index in [-0.39, 0.29) is 11.4 Å². The molecule has 1 aliphatic rings. The number of rotatable bonds is 4. The van der Waals surface area contributed by atoms with Gasteiger partial charge in [0.2, 0.25) is 0 Å². The molecule has 2 aromatic carbocycles. The van der Waals surface area contributed by atoms with E-state index >= 15 is 0 Å². The summed E-state index contributed by atoms with van der Waals surface area (Å²) >= 11 is 0. The number of hydrogen-bond acceptors (Lipinski definition) is 3. The Hall–Kier alpha value is -2.69. The number of hydrogen-bond donors (Lipinski definition) is 1. The Labute approximate surface area is 140 Å². The molecular formula is C19H20N4O. The van der Waals surface area contributed by atoms with Crippen LogP contribution in [0.25, 0.3) is 11.0 Å². The minimum atomic E-state index is -0.228. The van der Waals surface area contributed by atoms with Crippen LogP contribution in [0.1, 0.15) is 42.1 Å². The lowest BCUT2D eigenvalue weighted by Crippen LogP contribution is -2.50. The van der Waals surface area contributed by atoms with E-state index in [4.69, 9.17) is 0 Å². The lowest BCUT2D eigenvalue weighted by molar-refractivity contribution is 0.0823. The molecule has 4 rings (SSSR count). The van der Waals surface area contributed by atoms with Gasteiger partial charge in [-0.05, 0) is 49.9 Å². The van der Waals surface area contributed by atoms with Gasteiger partial charge in [-0.15, -0.1) is 5.10 Å². The highest BCUT2D eigenvalue weighted by Gasteiger charge is 2.40. The molecule has 0 unspecified atom stereocenters. The number of benzene rings is 2. The SMILES string of the molecule is CCn1nnc2cc(C(=O)NC3(c4ccccc4)CCC3)ccc21. The molecule has 24 heavy (non-hydrogen) atoms. The molecule has 1 saturated carbocycles. The summed E-state index contributed by atoms with van der Waals surface area (Å²) in [4.78, 5) is 12.8.